The van der Waals surface area contributed by atoms with E-state index in [9.17, 15) is 4.39 Å². The topological polar surface area (TPSA) is 21.3 Å². The molecule has 1 N–H and O–H groups in total. The molecule has 2 nitrogen and oxygen atoms in total. The first-order chi connectivity index (χ1) is 9.09. The van der Waals surface area contributed by atoms with Crippen molar-refractivity contribution in [1.29, 1.82) is 0 Å². The van der Waals surface area contributed by atoms with Gasteiger partial charge in [-0.3, -0.25) is 0 Å². The summed E-state index contributed by atoms with van der Waals surface area (Å²) in [4.78, 5) is 0. The predicted molar refractivity (Wildman–Crippen MR) is 76.4 cm³/mol. The van der Waals surface area contributed by atoms with E-state index in [0.29, 0.717) is 16.5 Å². The average Bonchev–Trinajstić information content (AvgIpc) is 2.87. The molecule has 0 amide bonds. The van der Waals surface area contributed by atoms with Gasteiger partial charge in [0.25, 0.3) is 0 Å². The van der Waals surface area contributed by atoms with Crippen molar-refractivity contribution in [2.45, 2.75) is 25.8 Å². The van der Waals surface area contributed by atoms with Crippen molar-refractivity contribution in [3.8, 4) is 0 Å². The van der Waals surface area contributed by atoms with E-state index in [0.717, 1.165) is 32.6 Å². The van der Waals surface area contributed by atoms with Gasteiger partial charge in [-0.25, -0.2) is 4.39 Å². The minimum atomic E-state index is -0.432. The largest absolute Gasteiger partial charge is 0.381 e. The Hall–Kier alpha value is -0.350. The Bertz CT molecular complexity index is 436. The Morgan fingerprint density at radius 3 is 2.95 bits per heavy atom. The minimum absolute atomic E-state index is 0.0713. The van der Waals surface area contributed by atoms with Gasteiger partial charge in [-0.05, 0) is 44.4 Å². The fourth-order valence-corrected chi connectivity index (χ4v) is 3.05. The molecule has 0 aliphatic carbocycles. The molecular weight excluding hydrogens is 288 g/mol. The molecule has 1 aliphatic rings. The maximum Gasteiger partial charge on any atom is 0.142 e. The summed E-state index contributed by atoms with van der Waals surface area (Å²) in [6.07, 6.45) is 2.17. The first-order valence-corrected chi connectivity index (χ1v) is 7.29. The number of nitrogens with one attached hydrogen (secondary N) is 1. The van der Waals surface area contributed by atoms with Crippen LogP contribution in [0.1, 0.15) is 31.4 Å². The molecule has 106 valence electrons. The molecule has 0 radical (unpaired) electrons. The predicted octanol–water partition coefficient (Wildman–Crippen LogP) is 4.21. The highest BCUT2D eigenvalue weighted by molar-refractivity contribution is 6.36. The van der Waals surface area contributed by atoms with E-state index in [4.69, 9.17) is 27.9 Å². The maximum absolute atomic E-state index is 13.5. The Kier molecular flexibility index (Phi) is 5.46. The number of benzene rings is 1. The summed E-state index contributed by atoms with van der Waals surface area (Å²) in [7, 11) is 0. The van der Waals surface area contributed by atoms with Gasteiger partial charge in [-0.1, -0.05) is 23.2 Å². The fraction of sp³-hybridized carbons (Fsp3) is 0.571. The quantitative estimate of drug-likeness (QED) is 0.823. The lowest BCUT2D eigenvalue weighted by Gasteiger charge is -2.18. The number of rotatable bonds is 5. The summed E-state index contributed by atoms with van der Waals surface area (Å²) < 4.78 is 18.8. The molecule has 1 saturated heterocycles. The van der Waals surface area contributed by atoms with Crippen LogP contribution in [0.15, 0.2) is 12.1 Å². The van der Waals surface area contributed by atoms with E-state index in [1.807, 2.05) is 6.92 Å². The van der Waals surface area contributed by atoms with Crippen LogP contribution < -0.4 is 5.32 Å². The smallest absolute Gasteiger partial charge is 0.142 e. The van der Waals surface area contributed by atoms with E-state index in [1.165, 1.54) is 6.07 Å². The molecule has 1 aliphatic heterocycles. The number of hydrogen-bond acceptors (Lipinski definition) is 2. The average molecular weight is 306 g/mol. The number of ether oxygens (including phenoxy) is 1. The van der Waals surface area contributed by atoms with Crippen molar-refractivity contribution in [2.24, 2.45) is 5.92 Å². The summed E-state index contributed by atoms with van der Waals surface area (Å²) in [5.41, 5.74) is 0.631. The van der Waals surface area contributed by atoms with E-state index in [-0.39, 0.29) is 11.1 Å². The highest BCUT2D eigenvalue weighted by atomic mass is 35.5. The molecule has 1 fully saturated rings. The van der Waals surface area contributed by atoms with Crippen molar-refractivity contribution in [2.75, 3.05) is 19.8 Å². The molecule has 2 rings (SSSR count). The summed E-state index contributed by atoms with van der Waals surface area (Å²) in [6.45, 7) is 4.50. The van der Waals surface area contributed by atoms with Crippen LogP contribution in [0.4, 0.5) is 4.39 Å². The molecule has 1 heterocycles. The van der Waals surface area contributed by atoms with Crippen molar-refractivity contribution in [3.05, 3.63) is 33.6 Å². The highest BCUT2D eigenvalue weighted by Gasteiger charge is 2.18. The fourth-order valence-electron chi connectivity index (χ4n) is 2.36. The van der Waals surface area contributed by atoms with Crippen LogP contribution >= 0.6 is 23.2 Å². The number of halogens is 3. The Morgan fingerprint density at radius 2 is 2.26 bits per heavy atom. The maximum atomic E-state index is 13.5. The zero-order valence-corrected chi connectivity index (χ0v) is 12.4. The highest BCUT2D eigenvalue weighted by Crippen LogP contribution is 2.32. The van der Waals surface area contributed by atoms with Gasteiger partial charge in [0.05, 0.1) is 5.02 Å². The molecule has 0 bridgehead atoms. The van der Waals surface area contributed by atoms with Crippen LogP contribution in [-0.2, 0) is 4.74 Å². The van der Waals surface area contributed by atoms with Gasteiger partial charge < -0.3 is 10.1 Å². The monoisotopic (exact) mass is 305 g/mol. The molecule has 0 spiro atoms. The summed E-state index contributed by atoms with van der Waals surface area (Å²) >= 11 is 12.1. The van der Waals surface area contributed by atoms with Crippen LogP contribution in [0.3, 0.4) is 0 Å². The summed E-state index contributed by atoms with van der Waals surface area (Å²) in [5.74, 6) is 0.192. The molecule has 5 heteroatoms. The van der Waals surface area contributed by atoms with Crippen molar-refractivity contribution in [3.63, 3.8) is 0 Å². The van der Waals surface area contributed by atoms with Crippen LogP contribution in [0.5, 0.6) is 0 Å². The van der Waals surface area contributed by atoms with E-state index in [2.05, 4.69) is 5.32 Å². The lowest BCUT2D eigenvalue weighted by atomic mass is 10.0. The van der Waals surface area contributed by atoms with Crippen molar-refractivity contribution < 1.29 is 9.13 Å². The molecule has 19 heavy (non-hydrogen) atoms. The normalized spacial score (nSPS) is 20.7. The number of hydrogen-bond donors (Lipinski definition) is 1. The van der Waals surface area contributed by atoms with Gasteiger partial charge in [-0.15, -0.1) is 0 Å². The first-order valence-electron chi connectivity index (χ1n) is 6.54. The Morgan fingerprint density at radius 1 is 1.47 bits per heavy atom. The van der Waals surface area contributed by atoms with Gasteiger partial charge in [-0.2, -0.15) is 0 Å². The standard InChI is InChI=1S/C14H18Cl2FNO/c1-9(18-6-4-10-5-7-19-8-10)13-11(15)2-3-12(17)14(13)16/h2-3,9-10,18H,4-8H2,1H3. The summed E-state index contributed by atoms with van der Waals surface area (Å²) in [6, 6.07) is 2.76. The second-order valence-corrected chi connectivity index (χ2v) is 5.74. The molecule has 1 aromatic rings. The van der Waals surface area contributed by atoms with Crippen LogP contribution in [0.25, 0.3) is 0 Å². The van der Waals surface area contributed by atoms with Gasteiger partial charge >= 0.3 is 0 Å². The van der Waals surface area contributed by atoms with Crippen LogP contribution in [-0.4, -0.2) is 19.8 Å². The van der Waals surface area contributed by atoms with Gasteiger partial charge in [0, 0.05) is 29.8 Å². The van der Waals surface area contributed by atoms with E-state index >= 15 is 0 Å². The van der Waals surface area contributed by atoms with E-state index in [1.54, 1.807) is 6.07 Å². The second-order valence-electron chi connectivity index (χ2n) is 4.95. The molecule has 1 aromatic carbocycles. The molecule has 2 unspecified atom stereocenters. The van der Waals surface area contributed by atoms with Crippen LogP contribution in [0, 0.1) is 11.7 Å². The third-order valence-electron chi connectivity index (χ3n) is 3.54. The zero-order valence-electron chi connectivity index (χ0n) is 10.9. The molecule has 2 atom stereocenters. The third kappa shape index (κ3) is 3.82. The van der Waals surface area contributed by atoms with E-state index < -0.39 is 5.82 Å². The second kappa shape index (κ2) is 6.89. The summed E-state index contributed by atoms with van der Waals surface area (Å²) in [5, 5.41) is 3.95. The molecule has 0 saturated carbocycles. The van der Waals surface area contributed by atoms with Crippen LogP contribution in [0.2, 0.25) is 10.0 Å². The lowest BCUT2D eigenvalue weighted by Crippen LogP contribution is -2.22. The van der Waals surface area contributed by atoms with Gasteiger partial charge in [0.1, 0.15) is 5.82 Å². The van der Waals surface area contributed by atoms with Gasteiger partial charge in [0.15, 0.2) is 0 Å². The Balaban J connectivity index is 1.92. The van der Waals surface area contributed by atoms with Crippen molar-refractivity contribution in [1.82, 2.24) is 5.32 Å². The minimum Gasteiger partial charge on any atom is -0.381 e. The zero-order chi connectivity index (χ0) is 13.8. The van der Waals surface area contributed by atoms with Gasteiger partial charge in [0.2, 0.25) is 0 Å². The molecular formula is C14H18Cl2FNO. The molecule has 0 aromatic heterocycles. The third-order valence-corrected chi connectivity index (χ3v) is 4.25. The van der Waals surface area contributed by atoms with Crippen molar-refractivity contribution >= 4 is 23.2 Å². The lowest BCUT2D eigenvalue weighted by molar-refractivity contribution is 0.184. The Labute approximate surface area is 123 Å². The first kappa shape index (κ1) is 15.0. The SMILES string of the molecule is CC(NCCC1CCOC1)c1c(Cl)ccc(F)c1Cl.